The van der Waals surface area contributed by atoms with Crippen molar-refractivity contribution in [1.29, 1.82) is 0 Å². The number of hydrogen-bond donors (Lipinski definition) is 0. The van der Waals surface area contributed by atoms with E-state index in [1.165, 1.54) is 11.3 Å². The lowest BCUT2D eigenvalue weighted by molar-refractivity contribution is 0.103. The number of ketones is 1. The van der Waals surface area contributed by atoms with Crippen LogP contribution in [0.15, 0.2) is 24.5 Å². The van der Waals surface area contributed by atoms with Crippen molar-refractivity contribution in [3.63, 3.8) is 0 Å². The SMILES string of the molecule is Cc1cnc(C(=O)c2ccc(C)s2)nc1. The molecule has 3 nitrogen and oxygen atoms in total. The highest BCUT2D eigenvalue weighted by Gasteiger charge is 2.13. The van der Waals surface area contributed by atoms with Crippen molar-refractivity contribution in [2.45, 2.75) is 13.8 Å². The Kier molecular flexibility index (Phi) is 2.60. The quantitative estimate of drug-likeness (QED) is 0.727. The Morgan fingerprint density at radius 2 is 1.87 bits per heavy atom. The highest BCUT2D eigenvalue weighted by molar-refractivity contribution is 7.14. The van der Waals surface area contributed by atoms with Crippen LogP contribution in [0.5, 0.6) is 0 Å². The van der Waals surface area contributed by atoms with E-state index in [9.17, 15) is 4.79 Å². The van der Waals surface area contributed by atoms with Gasteiger partial charge in [0.1, 0.15) is 0 Å². The predicted octanol–water partition coefficient (Wildman–Crippen LogP) is 2.39. The van der Waals surface area contributed by atoms with Crippen molar-refractivity contribution in [1.82, 2.24) is 9.97 Å². The monoisotopic (exact) mass is 218 g/mol. The van der Waals surface area contributed by atoms with Crippen LogP contribution in [0, 0.1) is 13.8 Å². The van der Waals surface area contributed by atoms with Crippen molar-refractivity contribution >= 4 is 17.1 Å². The molecule has 0 atom stereocenters. The molecule has 2 rings (SSSR count). The average molecular weight is 218 g/mol. The van der Waals surface area contributed by atoms with Gasteiger partial charge in [0.2, 0.25) is 11.6 Å². The third kappa shape index (κ3) is 2.10. The van der Waals surface area contributed by atoms with Gasteiger partial charge in [-0.15, -0.1) is 11.3 Å². The Hall–Kier alpha value is -1.55. The molecule has 0 fully saturated rings. The van der Waals surface area contributed by atoms with Crippen LogP contribution in [0.1, 0.15) is 25.9 Å². The standard InChI is InChI=1S/C11H10N2OS/c1-7-5-12-11(13-6-7)10(14)9-4-3-8(2)15-9/h3-6H,1-2H3. The lowest BCUT2D eigenvalue weighted by atomic mass is 10.3. The number of carbonyl (C=O) groups excluding carboxylic acids is 1. The Morgan fingerprint density at radius 3 is 2.40 bits per heavy atom. The van der Waals surface area contributed by atoms with Crippen LogP contribution < -0.4 is 0 Å². The summed E-state index contributed by atoms with van der Waals surface area (Å²) in [6.07, 6.45) is 3.31. The maximum Gasteiger partial charge on any atom is 0.240 e. The number of nitrogens with zero attached hydrogens (tertiary/aromatic N) is 2. The normalized spacial score (nSPS) is 10.3. The van der Waals surface area contributed by atoms with E-state index in [4.69, 9.17) is 0 Å². The third-order valence-electron chi connectivity index (χ3n) is 1.95. The molecule has 0 radical (unpaired) electrons. The van der Waals surface area contributed by atoms with Crippen LogP contribution in [0.25, 0.3) is 0 Å². The summed E-state index contributed by atoms with van der Waals surface area (Å²) in [5.41, 5.74) is 0.953. The molecule has 0 bridgehead atoms. The highest BCUT2D eigenvalue weighted by Crippen LogP contribution is 2.17. The lowest BCUT2D eigenvalue weighted by Gasteiger charge is -1.96. The topological polar surface area (TPSA) is 42.9 Å². The van der Waals surface area contributed by atoms with Crippen LogP contribution in [0.2, 0.25) is 0 Å². The van der Waals surface area contributed by atoms with Crippen molar-refractivity contribution in [3.8, 4) is 0 Å². The molecule has 0 spiro atoms. The molecule has 0 N–H and O–H groups in total. The van der Waals surface area contributed by atoms with Gasteiger partial charge in [0.05, 0.1) is 4.88 Å². The molecule has 4 heteroatoms. The van der Waals surface area contributed by atoms with E-state index in [1.54, 1.807) is 12.4 Å². The molecule has 2 aromatic rings. The van der Waals surface area contributed by atoms with Gasteiger partial charge < -0.3 is 0 Å². The van der Waals surface area contributed by atoms with Gasteiger partial charge in [-0.05, 0) is 31.5 Å². The average Bonchev–Trinajstić information content (AvgIpc) is 2.65. The van der Waals surface area contributed by atoms with Crippen molar-refractivity contribution in [2.24, 2.45) is 0 Å². The van der Waals surface area contributed by atoms with E-state index in [-0.39, 0.29) is 11.6 Å². The van der Waals surface area contributed by atoms with E-state index >= 15 is 0 Å². The molecule has 0 amide bonds. The van der Waals surface area contributed by atoms with Crippen molar-refractivity contribution < 1.29 is 4.79 Å². The number of carbonyl (C=O) groups is 1. The van der Waals surface area contributed by atoms with Gasteiger partial charge in [-0.3, -0.25) is 4.79 Å². The predicted molar refractivity (Wildman–Crippen MR) is 59.3 cm³/mol. The zero-order chi connectivity index (χ0) is 10.8. The molecule has 0 saturated heterocycles. The summed E-state index contributed by atoms with van der Waals surface area (Å²) in [5.74, 6) is 0.163. The molecule has 15 heavy (non-hydrogen) atoms. The summed E-state index contributed by atoms with van der Waals surface area (Å²) in [4.78, 5) is 21.7. The first kappa shape index (κ1) is 9.98. The smallest absolute Gasteiger partial charge is 0.240 e. The fourth-order valence-corrected chi connectivity index (χ4v) is 1.98. The molecule has 0 saturated carbocycles. The molecule has 0 aliphatic rings. The minimum Gasteiger partial charge on any atom is -0.284 e. The van der Waals surface area contributed by atoms with E-state index in [0.717, 1.165) is 10.4 Å². The van der Waals surface area contributed by atoms with Gasteiger partial charge in [0.15, 0.2) is 0 Å². The maximum atomic E-state index is 11.9. The highest BCUT2D eigenvalue weighted by atomic mass is 32.1. The summed E-state index contributed by atoms with van der Waals surface area (Å²) < 4.78 is 0. The second-order valence-electron chi connectivity index (χ2n) is 3.32. The molecule has 0 aliphatic carbocycles. The maximum absolute atomic E-state index is 11.9. The first-order valence-corrected chi connectivity index (χ1v) is 5.38. The number of thiophene rings is 1. The zero-order valence-electron chi connectivity index (χ0n) is 8.52. The molecular formula is C11H10N2OS. The largest absolute Gasteiger partial charge is 0.284 e. The van der Waals surface area contributed by atoms with Crippen LogP contribution in [0.4, 0.5) is 0 Å². The second-order valence-corrected chi connectivity index (χ2v) is 4.61. The van der Waals surface area contributed by atoms with E-state index < -0.39 is 0 Å². The molecule has 0 aliphatic heterocycles. The summed E-state index contributed by atoms with van der Waals surface area (Å²) in [6, 6.07) is 3.73. The van der Waals surface area contributed by atoms with Crippen LogP contribution in [-0.2, 0) is 0 Å². The van der Waals surface area contributed by atoms with Gasteiger partial charge in [-0.1, -0.05) is 0 Å². The Balaban J connectivity index is 2.32. The van der Waals surface area contributed by atoms with Crippen molar-refractivity contribution in [3.05, 3.63) is 45.7 Å². The first-order valence-electron chi connectivity index (χ1n) is 4.56. The second kappa shape index (κ2) is 3.90. The fourth-order valence-electron chi connectivity index (χ4n) is 1.18. The Labute approximate surface area is 91.8 Å². The van der Waals surface area contributed by atoms with Gasteiger partial charge in [-0.25, -0.2) is 9.97 Å². The van der Waals surface area contributed by atoms with Crippen LogP contribution >= 0.6 is 11.3 Å². The molecule has 2 aromatic heterocycles. The van der Waals surface area contributed by atoms with Gasteiger partial charge in [0, 0.05) is 17.3 Å². The lowest BCUT2D eigenvalue weighted by Crippen LogP contribution is -2.04. The minimum absolute atomic E-state index is 0.104. The van der Waals surface area contributed by atoms with Crippen LogP contribution in [0.3, 0.4) is 0 Å². The van der Waals surface area contributed by atoms with Gasteiger partial charge in [-0.2, -0.15) is 0 Å². The third-order valence-corrected chi connectivity index (χ3v) is 2.95. The molecular weight excluding hydrogens is 208 g/mol. The summed E-state index contributed by atoms with van der Waals surface area (Å²) >= 11 is 1.47. The number of hydrogen-bond acceptors (Lipinski definition) is 4. The van der Waals surface area contributed by atoms with E-state index in [0.29, 0.717) is 4.88 Å². The summed E-state index contributed by atoms with van der Waals surface area (Å²) in [7, 11) is 0. The molecule has 0 aromatic carbocycles. The number of rotatable bonds is 2. The van der Waals surface area contributed by atoms with Crippen LogP contribution in [-0.4, -0.2) is 15.8 Å². The first-order chi connectivity index (χ1) is 7.16. The molecule has 2 heterocycles. The Morgan fingerprint density at radius 1 is 1.20 bits per heavy atom. The van der Waals surface area contributed by atoms with E-state index in [2.05, 4.69) is 9.97 Å². The van der Waals surface area contributed by atoms with Gasteiger partial charge >= 0.3 is 0 Å². The zero-order valence-corrected chi connectivity index (χ0v) is 9.34. The fraction of sp³-hybridized carbons (Fsp3) is 0.182. The van der Waals surface area contributed by atoms with Gasteiger partial charge in [0.25, 0.3) is 0 Å². The summed E-state index contributed by atoms with van der Waals surface area (Å²) in [6.45, 7) is 3.86. The number of aryl methyl sites for hydroxylation is 2. The molecule has 0 unspecified atom stereocenters. The van der Waals surface area contributed by atoms with E-state index in [1.807, 2.05) is 26.0 Å². The molecule has 76 valence electrons. The van der Waals surface area contributed by atoms with Crippen molar-refractivity contribution in [2.75, 3.05) is 0 Å². The number of aromatic nitrogens is 2. The minimum atomic E-state index is -0.104. The summed E-state index contributed by atoms with van der Waals surface area (Å²) in [5, 5.41) is 0. The Bertz CT molecular complexity index is 488.